The van der Waals surface area contributed by atoms with E-state index < -0.39 is 0 Å². The summed E-state index contributed by atoms with van der Waals surface area (Å²) in [5, 5.41) is 10.1. The SMILES string of the molecule is NCC1CCN(CC(O)Cc2ccccc2)CC1. The summed E-state index contributed by atoms with van der Waals surface area (Å²) in [5.41, 5.74) is 6.89. The van der Waals surface area contributed by atoms with Gasteiger partial charge in [-0.2, -0.15) is 0 Å². The van der Waals surface area contributed by atoms with Gasteiger partial charge in [-0.3, -0.25) is 0 Å². The minimum Gasteiger partial charge on any atom is -0.391 e. The number of likely N-dealkylation sites (tertiary alicyclic amines) is 1. The molecule has 0 amide bonds. The Bertz CT molecular complexity index is 334. The third-order valence-corrected chi connectivity index (χ3v) is 3.82. The van der Waals surface area contributed by atoms with Crippen LogP contribution in [0.5, 0.6) is 0 Å². The third-order valence-electron chi connectivity index (χ3n) is 3.82. The molecule has 18 heavy (non-hydrogen) atoms. The van der Waals surface area contributed by atoms with Crippen LogP contribution in [0.15, 0.2) is 30.3 Å². The quantitative estimate of drug-likeness (QED) is 0.825. The molecule has 1 heterocycles. The van der Waals surface area contributed by atoms with Crippen LogP contribution in [0.4, 0.5) is 0 Å². The highest BCUT2D eigenvalue weighted by atomic mass is 16.3. The first kappa shape index (κ1) is 13.5. The lowest BCUT2D eigenvalue weighted by molar-refractivity contribution is 0.0904. The molecule has 1 saturated heterocycles. The molecule has 0 radical (unpaired) electrons. The molecule has 0 spiro atoms. The molecule has 0 bridgehead atoms. The molecule has 1 atom stereocenters. The van der Waals surface area contributed by atoms with Gasteiger partial charge in [0, 0.05) is 6.54 Å². The Balaban J connectivity index is 1.73. The number of nitrogens with zero attached hydrogens (tertiary/aromatic N) is 1. The van der Waals surface area contributed by atoms with Gasteiger partial charge >= 0.3 is 0 Å². The largest absolute Gasteiger partial charge is 0.391 e. The van der Waals surface area contributed by atoms with E-state index in [-0.39, 0.29) is 6.10 Å². The van der Waals surface area contributed by atoms with Gasteiger partial charge in [0.25, 0.3) is 0 Å². The van der Waals surface area contributed by atoms with Gasteiger partial charge < -0.3 is 15.7 Å². The van der Waals surface area contributed by atoms with E-state index in [1.165, 1.54) is 18.4 Å². The van der Waals surface area contributed by atoms with Crippen LogP contribution in [0, 0.1) is 5.92 Å². The topological polar surface area (TPSA) is 49.5 Å². The Kier molecular flexibility index (Phi) is 5.17. The lowest BCUT2D eigenvalue weighted by Gasteiger charge is -2.32. The molecule has 1 aromatic carbocycles. The Morgan fingerprint density at radius 3 is 2.50 bits per heavy atom. The summed E-state index contributed by atoms with van der Waals surface area (Å²) in [6.07, 6.45) is 2.84. The lowest BCUT2D eigenvalue weighted by atomic mass is 9.96. The van der Waals surface area contributed by atoms with E-state index in [2.05, 4.69) is 17.0 Å². The zero-order chi connectivity index (χ0) is 12.8. The standard InChI is InChI=1S/C15H24N2O/c16-11-14-6-8-17(9-7-14)12-15(18)10-13-4-2-1-3-5-13/h1-5,14-15,18H,6-12,16H2. The molecule has 1 aliphatic rings. The Morgan fingerprint density at radius 2 is 1.89 bits per heavy atom. The molecule has 3 heteroatoms. The highest BCUT2D eigenvalue weighted by Crippen LogP contribution is 2.16. The van der Waals surface area contributed by atoms with E-state index in [1.807, 2.05) is 18.2 Å². The van der Waals surface area contributed by atoms with Gasteiger partial charge in [-0.15, -0.1) is 0 Å². The van der Waals surface area contributed by atoms with E-state index in [0.29, 0.717) is 5.92 Å². The maximum Gasteiger partial charge on any atom is 0.0707 e. The number of β-amino-alcohol motifs (C(OH)–C–C–N with tert-alkyl or cyclic N) is 1. The number of benzene rings is 1. The van der Waals surface area contributed by atoms with Crippen molar-refractivity contribution in [1.29, 1.82) is 0 Å². The smallest absolute Gasteiger partial charge is 0.0707 e. The van der Waals surface area contributed by atoms with Crippen molar-refractivity contribution in [2.24, 2.45) is 11.7 Å². The van der Waals surface area contributed by atoms with Crippen molar-refractivity contribution < 1.29 is 5.11 Å². The summed E-state index contributed by atoms with van der Waals surface area (Å²) in [6, 6.07) is 10.2. The van der Waals surface area contributed by atoms with E-state index >= 15 is 0 Å². The summed E-state index contributed by atoms with van der Waals surface area (Å²) in [4.78, 5) is 2.36. The molecule has 1 aliphatic heterocycles. The van der Waals surface area contributed by atoms with Crippen LogP contribution in [-0.4, -0.2) is 42.3 Å². The highest BCUT2D eigenvalue weighted by molar-refractivity contribution is 5.15. The minimum absolute atomic E-state index is 0.262. The van der Waals surface area contributed by atoms with Gasteiger partial charge in [-0.25, -0.2) is 0 Å². The first-order chi connectivity index (χ1) is 8.78. The summed E-state index contributed by atoms with van der Waals surface area (Å²) < 4.78 is 0. The normalized spacial score (nSPS) is 19.9. The zero-order valence-electron chi connectivity index (χ0n) is 11.0. The summed E-state index contributed by atoms with van der Waals surface area (Å²) in [7, 11) is 0. The van der Waals surface area contributed by atoms with Crippen molar-refractivity contribution in [3.05, 3.63) is 35.9 Å². The molecular weight excluding hydrogens is 224 g/mol. The van der Waals surface area contributed by atoms with Gasteiger partial charge in [0.2, 0.25) is 0 Å². The first-order valence-electron chi connectivity index (χ1n) is 6.92. The summed E-state index contributed by atoms with van der Waals surface area (Å²) in [6.45, 7) is 3.74. The predicted octanol–water partition coefficient (Wildman–Crippen LogP) is 1.26. The maximum absolute atomic E-state index is 10.1. The number of aliphatic hydroxyl groups excluding tert-OH is 1. The second kappa shape index (κ2) is 6.88. The number of aliphatic hydroxyl groups is 1. The fourth-order valence-electron chi connectivity index (χ4n) is 2.65. The van der Waals surface area contributed by atoms with E-state index in [4.69, 9.17) is 5.73 Å². The number of nitrogens with two attached hydrogens (primary N) is 1. The van der Waals surface area contributed by atoms with Crippen LogP contribution in [-0.2, 0) is 6.42 Å². The molecule has 3 nitrogen and oxygen atoms in total. The van der Waals surface area contributed by atoms with E-state index in [0.717, 1.165) is 32.6 Å². The summed E-state index contributed by atoms with van der Waals surface area (Å²) in [5.74, 6) is 0.688. The minimum atomic E-state index is -0.262. The molecular formula is C15H24N2O. The molecule has 0 aliphatic carbocycles. The summed E-state index contributed by atoms with van der Waals surface area (Å²) >= 11 is 0. The van der Waals surface area contributed by atoms with Crippen molar-refractivity contribution in [3.63, 3.8) is 0 Å². The van der Waals surface area contributed by atoms with Crippen molar-refractivity contribution in [2.45, 2.75) is 25.4 Å². The van der Waals surface area contributed by atoms with Crippen LogP contribution in [0.25, 0.3) is 0 Å². The highest BCUT2D eigenvalue weighted by Gasteiger charge is 2.19. The second-order valence-corrected chi connectivity index (χ2v) is 5.32. The molecule has 0 aromatic heterocycles. The number of rotatable bonds is 5. The number of piperidine rings is 1. The lowest BCUT2D eigenvalue weighted by Crippen LogP contribution is -2.40. The fourth-order valence-corrected chi connectivity index (χ4v) is 2.65. The molecule has 1 fully saturated rings. The van der Waals surface area contributed by atoms with Gasteiger partial charge in [-0.05, 0) is 50.4 Å². The predicted molar refractivity (Wildman–Crippen MR) is 74.4 cm³/mol. The average molecular weight is 248 g/mol. The van der Waals surface area contributed by atoms with E-state index in [1.54, 1.807) is 0 Å². The molecule has 1 aromatic rings. The van der Waals surface area contributed by atoms with Gasteiger partial charge in [0.05, 0.1) is 6.10 Å². The van der Waals surface area contributed by atoms with Crippen LogP contribution < -0.4 is 5.73 Å². The third kappa shape index (κ3) is 4.09. The fraction of sp³-hybridized carbons (Fsp3) is 0.600. The molecule has 3 N–H and O–H groups in total. The molecule has 2 rings (SSSR count). The van der Waals surface area contributed by atoms with Crippen LogP contribution in [0.1, 0.15) is 18.4 Å². The van der Waals surface area contributed by atoms with Crippen molar-refractivity contribution in [1.82, 2.24) is 4.90 Å². The number of hydrogen-bond donors (Lipinski definition) is 2. The Labute approximate surface area is 110 Å². The van der Waals surface area contributed by atoms with Crippen molar-refractivity contribution in [3.8, 4) is 0 Å². The van der Waals surface area contributed by atoms with Crippen LogP contribution in [0.3, 0.4) is 0 Å². The second-order valence-electron chi connectivity index (χ2n) is 5.32. The van der Waals surface area contributed by atoms with Crippen LogP contribution >= 0.6 is 0 Å². The average Bonchev–Trinajstić information content (AvgIpc) is 2.40. The van der Waals surface area contributed by atoms with Crippen LogP contribution in [0.2, 0.25) is 0 Å². The maximum atomic E-state index is 10.1. The van der Waals surface area contributed by atoms with E-state index in [9.17, 15) is 5.11 Å². The van der Waals surface area contributed by atoms with Gasteiger partial charge in [0.1, 0.15) is 0 Å². The van der Waals surface area contributed by atoms with Gasteiger partial charge in [0.15, 0.2) is 0 Å². The molecule has 1 unspecified atom stereocenters. The number of hydrogen-bond acceptors (Lipinski definition) is 3. The van der Waals surface area contributed by atoms with Crippen molar-refractivity contribution >= 4 is 0 Å². The zero-order valence-corrected chi connectivity index (χ0v) is 11.0. The Hall–Kier alpha value is -0.900. The molecule has 100 valence electrons. The van der Waals surface area contributed by atoms with Gasteiger partial charge in [-0.1, -0.05) is 30.3 Å². The molecule has 0 saturated carbocycles. The Morgan fingerprint density at radius 1 is 1.22 bits per heavy atom. The first-order valence-corrected chi connectivity index (χ1v) is 6.92. The monoisotopic (exact) mass is 248 g/mol. The van der Waals surface area contributed by atoms with Crippen molar-refractivity contribution in [2.75, 3.05) is 26.2 Å².